The summed E-state index contributed by atoms with van der Waals surface area (Å²) in [4.78, 5) is 34.0. The minimum atomic E-state index is -4.71. The van der Waals surface area contributed by atoms with E-state index in [9.17, 15) is 22.8 Å². The molecule has 180 valence electrons. The van der Waals surface area contributed by atoms with Gasteiger partial charge < -0.3 is 26.4 Å². The second-order valence-corrected chi connectivity index (χ2v) is 7.60. The van der Waals surface area contributed by atoms with Crippen LogP contribution in [0.4, 0.5) is 24.5 Å². The van der Waals surface area contributed by atoms with E-state index in [1.807, 2.05) is 0 Å². The van der Waals surface area contributed by atoms with Crippen molar-refractivity contribution in [1.29, 1.82) is 0 Å². The molecule has 0 spiro atoms. The van der Waals surface area contributed by atoms with Crippen LogP contribution in [-0.2, 0) is 15.7 Å². The molecule has 10 nitrogen and oxygen atoms in total. The highest BCUT2D eigenvalue weighted by Crippen LogP contribution is 2.34. The fourth-order valence-electron chi connectivity index (χ4n) is 3.56. The number of morpholine rings is 1. The van der Waals surface area contributed by atoms with Crippen LogP contribution in [0, 0.1) is 0 Å². The number of primary amides is 1. The summed E-state index contributed by atoms with van der Waals surface area (Å²) < 4.78 is 44.4. The van der Waals surface area contributed by atoms with Crippen LogP contribution in [0.3, 0.4) is 0 Å². The number of benzene rings is 1. The summed E-state index contributed by atoms with van der Waals surface area (Å²) in [5, 5.41) is 8.61. The number of fused-ring (bicyclic) bond motifs is 1. The van der Waals surface area contributed by atoms with Gasteiger partial charge in [-0.3, -0.25) is 14.5 Å². The monoisotopic (exact) mass is 477 g/mol. The Morgan fingerprint density at radius 3 is 2.59 bits per heavy atom. The summed E-state index contributed by atoms with van der Waals surface area (Å²) in [6.45, 7) is 4.14. The van der Waals surface area contributed by atoms with Gasteiger partial charge >= 0.3 is 6.18 Å². The van der Waals surface area contributed by atoms with Crippen molar-refractivity contribution in [2.45, 2.75) is 6.18 Å². The Morgan fingerprint density at radius 1 is 1.15 bits per heavy atom. The van der Waals surface area contributed by atoms with Gasteiger partial charge in [0.1, 0.15) is 17.1 Å². The van der Waals surface area contributed by atoms with Crippen LogP contribution >= 0.6 is 0 Å². The van der Waals surface area contributed by atoms with E-state index in [1.165, 1.54) is 0 Å². The summed E-state index contributed by atoms with van der Waals surface area (Å²) >= 11 is 0. The molecule has 5 N–H and O–H groups in total. The van der Waals surface area contributed by atoms with Crippen LogP contribution in [0.1, 0.15) is 21.9 Å². The van der Waals surface area contributed by atoms with Crippen LogP contribution in [0.25, 0.3) is 5.57 Å². The van der Waals surface area contributed by atoms with E-state index < -0.39 is 23.6 Å². The largest absolute Gasteiger partial charge is 0.433 e. The molecule has 0 radical (unpaired) electrons. The number of alkyl halides is 3. The number of ether oxygens (including phenoxy) is 1. The van der Waals surface area contributed by atoms with Gasteiger partial charge in [-0.15, -0.1) is 0 Å². The lowest BCUT2D eigenvalue weighted by Gasteiger charge is -2.26. The number of hydrogen-bond acceptors (Lipinski definition) is 8. The van der Waals surface area contributed by atoms with Crippen LogP contribution in [0.2, 0.25) is 0 Å². The van der Waals surface area contributed by atoms with Gasteiger partial charge in [0.2, 0.25) is 0 Å². The van der Waals surface area contributed by atoms with Crippen molar-refractivity contribution in [1.82, 2.24) is 20.2 Å². The van der Waals surface area contributed by atoms with Crippen molar-refractivity contribution in [3.8, 4) is 0 Å². The summed E-state index contributed by atoms with van der Waals surface area (Å²) in [5.74, 6) is -1.77. The highest BCUT2D eigenvalue weighted by molar-refractivity contribution is 6.20. The highest BCUT2D eigenvalue weighted by atomic mass is 19.4. The molecule has 2 aliphatic heterocycles. The number of anilines is 2. The number of rotatable bonds is 6. The van der Waals surface area contributed by atoms with Gasteiger partial charge in [0, 0.05) is 37.9 Å². The number of nitrogens with one attached hydrogen (secondary N) is 3. The van der Waals surface area contributed by atoms with Gasteiger partial charge in [0.05, 0.1) is 24.6 Å². The smallest absolute Gasteiger partial charge is 0.379 e. The zero-order valence-corrected chi connectivity index (χ0v) is 17.9. The quantitative estimate of drug-likeness (QED) is 0.457. The molecule has 0 aliphatic carbocycles. The Hall–Kier alpha value is -3.71. The first-order valence-electron chi connectivity index (χ1n) is 10.4. The lowest BCUT2D eigenvalue weighted by molar-refractivity contribution is -0.141. The number of nitrogens with zero attached hydrogens (tertiary/aromatic N) is 3. The van der Waals surface area contributed by atoms with E-state index in [-0.39, 0.29) is 17.3 Å². The Bertz CT molecular complexity index is 1130. The van der Waals surface area contributed by atoms with Crippen LogP contribution < -0.4 is 21.7 Å². The first kappa shape index (κ1) is 23.4. The molecule has 1 aromatic heterocycles. The fraction of sp³-hybridized carbons (Fsp3) is 0.333. The zero-order valence-electron chi connectivity index (χ0n) is 17.9. The molecule has 1 saturated heterocycles. The number of amides is 2. The summed E-state index contributed by atoms with van der Waals surface area (Å²) in [6.07, 6.45) is -3.81. The SMILES string of the molecule is NC(=O)/C(=C1\Nc2ccc(C(=O)NCCN3CCOCC3)cc2N1)c1nccc(C(F)(F)F)n1. The normalized spacial score (nSPS) is 17.4. The van der Waals surface area contributed by atoms with Gasteiger partial charge in [-0.2, -0.15) is 13.2 Å². The van der Waals surface area contributed by atoms with Gasteiger partial charge in [-0.25, -0.2) is 9.97 Å². The first-order valence-corrected chi connectivity index (χ1v) is 10.4. The van der Waals surface area contributed by atoms with Gasteiger partial charge in [0.15, 0.2) is 5.82 Å². The molecule has 4 rings (SSSR count). The molecular formula is C21H22F3N7O3. The minimum absolute atomic E-state index is 0.0201. The summed E-state index contributed by atoms with van der Waals surface area (Å²) in [5.41, 5.74) is 5.19. The van der Waals surface area contributed by atoms with E-state index >= 15 is 0 Å². The van der Waals surface area contributed by atoms with E-state index in [1.54, 1.807) is 18.2 Å². The van der Waals surface area contributed by atoms with E-state index in [2.05, 4.69) is 30.8 Å². The average Bonchev–Trinajstić information content (AvgIpc) is 3.21. The van der Waals surface area contributed by atoms with Gasteiger partial charge in [0.25, 0.3) is 11.8 Å². The molecule has 0 atom stereocenters. The molecule has 3 heterocycles. The number of halogens is 3. The van der Waals surface area contributed by atoms with Crippen molar-refractivity contribution >= 4 is 28.8 Å². The first-order chi connectivity index (χ1) is 16.2. The van der Waals surface area contributed by atoms with Crippen molar-refractivity contribution in [2.24, 2.45) is 5.73 Å². The van der Waals surface area contributed by atoms with Crippen LogP contribution in [0.15, 0.2) is 36.3 Å². The minimum Gasteiger partial charge on any atom is -0.379 e. The molecular weight excluding hydrogens is 455 g/mol. The third-order valence-electron chi connectivity index (χ3n) is 5.28. The molecule has 2 aromatic rings. The Balaban J connectivity index is 1.49. The molecule has 13 heteroatoms. The predicted octanol–water partition coefficient (Wildman–Crippen LogP) is 1.25. The van der Waals surface area contributed by atoms with E-state index in [0.29, 0.717) is 49.3 Å². The standard InChI is InChI=1S/C21H22F3N7O3/c22-21(23,24)15-3-4-26-18(30-15)16(17(25)32)19-28-13-2-1-12(11-14(13)29-19)20(33)27-5-6-31-7-9-34-10-8-31/h1-4,11,28-29H,5-10H2,(H2,25,32)(H,27,33)/b19-16-. The highest BCUT2D eigenvalue weighted by Gasteiger charge is 2.34. The van der Waals surface area contributed by atoms with Crippen molar-refractivity contribution in [3.63, 3.8) is 0 Å². The third kappa shape index (κ3) is 5.26. The molecule has 0 bridgehead atoms. The maximum atomic E-state index is 13.0. The van der Waals surface area contributed by atoms with Gasteiger partial charge in [-0.05, 0) is 24.3 Å². The lowest BCUT2D eigenvalue weighted by Crippen LogP contribution is -2.41. The topological polar surface area (TPSA) is 134 Å². The summed E-state index contributed by atoms with van der Waals surface area (Å²) in [7, 11) is 0. The fourth-order valence-corrected chi connectivity index (χ4v) is 3.56. The molecule has 1 fully saturated rings. The molecule has 2 amide bonds. The molecule has 2 aliphatic rings. The average molecular weight is 477 g/mol. The number of aromatic nitrogens is 2. The van der Waals surface area contributed by atoms with Crippen molar-refractivity contribution in [2.75, 3.05) is 50.0 Å². The number of hydrogen-bond donors (Lipinski definition) is 4. The predicted molar refractivity (Wildman–Crippen MR) is 116 cm³/mol. The molecule has 1 aromatic carbocycles. The number of nitrogens with two attached hydrogens (primary N) is 1. The summed E-state index contributed by atoms with van der Waals surface area (Å²) in [6, 6.07) is 5.45. The third-order valence-corrected chi connectivity index (χ3v) is 5.28. The maximum absolute atomic E-state index is 13.0. The van der Waals surface area contributed by atoms with Crippen LogP contribution in [-0.4, -0.2) is 66.1 Å². The number of carbonyl (C=O) groups excluding carboxylic acids is 2. The van der Waals surface area contributed by atoms with Gasteiger partial charge in [-0.1, -0.05) is 0 Å². The van der Waals surface area contributed by atoms with E-state index in [0.717, 1.165) is 19.3 Å². The molecule has 0 saturated carbocycles. The lowest BCUT2D eigenvalue weighted by atomic mass is 10.1. The Labute approximate surface area is 192 Å². The van der Waals surface area contributed by atoms with E-state index in [4.69, 9.17) is 10.5 Å². The molecule has 0 unspecified atom stereocenters. The van der Waals surface area contributed by atoms with Crippen LogP contribution in [0.5, 0.6) is 0 Å². The second kappa shape index (κ2) is 9.65. The Kier molecular flexibility index (Phi) is 6.65. The second-order valence-electron chi connectivity index (χ2n) is 7.60. The Morgan fingerprint density at radius 2 is 1.88 bits per heavy atom. The number of carbonyl (C=O) groups is 2. The molecule has 34 heavy (non-hydrogen) atoms. The zero-order chi connectivity index (χ0) is 24.3. The van der Waals surface area contributed by atoms with Crippen molar-refractivity contribution in [3.05, 3.63) is 53.4 Å². The maximum Gasteiger partial charge on any atom is 0.433 e. The van der Waals surface area contributed by atoms with Crippen molar-refractivity contribution < 1.29 is 27.5 Å².